The summed E-state index contributed by atoms with van der Waals surface area (Å²) in [5.41, 5.74) is 2.78. The molecule has 0 unspecified atom stereocenters. The Morgan fingerprint density at radius 2 is 1.72 bits per heavy atom. The fourth-order valence-electron chi connectivity index (χ4n) is 4.30. The molecule has 1 aromatic heterocycles. The molecule has 29 heavy (non-hydrogen) atoms. The van der Waals surface area contributed by atoms with Gasteiger partial charge in [-0.25, -0.2) is 0 Å². The lowest BCUT2D eigenvalue weighted by atomic mass is 9.88. The molecule has 0 spiro atoms. The van der Waals surface area contributed by atoms with E-state index in [9.17, 15) is 9.59 Å². The highest BCUT2D eigenvalue weighted by Gasteiger charge is 2.29. The number of carbonyl (C=O) groups is 2. The van der Waals surface area contributed by atoms with Crippen molar-refractivity contribution in [1.29, 1.82) is 0 Å². The number of benzene rings is 1. The first kappa shape index (κ1) is 19.7. The van der Waals surface area contributed by atoms with Crippen molar-refractivity contribution in [3.05, 3.63) is 41.7 Å². The Morgan fingerprint density at radius 3 is 2.41 bits per heavy atom. The minimum absolute atomic E-state index is 0.132. The van der Waals surface area contributed by atoms with Gasteiger partial charge in [0.15, 0.2) is 0 Å². The molecule has 6 nitrogen and oxygen atoms in total. The molecule has 0 bridgehead atoms. The standard InChI is InChI=1S/C23H29N3O3/c1-16-7-9-17(10-8-16)20-15-21(29-25-20)23(28)26-13-11-19(12-14-26)24-22(27)18-5-3-2-4-6-18/h7-10,15,18-19H,2-6,11-14H2,1H3,(H,24,27). The third kappa shape index (κ3) is 4.69. The van der Waals surface area contributed by atoms with Gasteiger partial charge in [-0.1, -0.05) is 54.2 Å². The summed E-state index contributed by atoms with van der Waals surface area (Å²) in [5.74, 6) is 0.517. The first-order valence-corrected chi connectivity index (χ1v) is 10.7. The average Bonchev–Trinajstić information content (AvgIpc) is 3.25. The Bertz CT molecular complexity index is 845. The molecule has 4 rings (SSSR count). The monoisotopic (exact) mass is 395 g/mol. The molecule has 1 aliphatic heterocycles. The summed E-state index contributed by atoms with van der Waals surface area (Å²) in [6, 6.07) is 9.84. The number of aryl methyl sites for hydroxylation is 1. The lowest BCUT2D eigenvalue weighted by Gasteiger charge is -2.33. The number of hydrogen-bond acceptors (Lipinski definition) is 4. The van der Waals surface area contributed by atoms with Crippen molar-refractivity contribution >= 4 is 11.8 Å². The summed E-state index contributed by atoms with van der Waals surface area (Å²) in [5, 5.41) is 7.26. The Morgan fingerprint density at radius 1 is 1.03 bits per heavy atom. The van der Waals surface area contributed by atoms with Gasteiger partial charge in [-0.2, -0.15) is 0 Å². The van der Waals surface area contributed by atoms with Gasteiger partial charge >= 0.3 is 0 Å². The maximum atomic E-state index is 12.8. The highest BCUT2D eigenvalue weighted by Crippen LogP contribution is 2.25. The molecule has 0 radical (unpaired) electrons. The van der Waals surface area contributed by atoms with Crippen molar-refractivity contribution in [3.8, 4) is 11.3 Å². The van der Waals surface area contributed by atoms with E-state index in [4.69, 9.17) is 4.52 Å². The van der Waals surface area contributed by atoms with E-state index in [-0.39, 0.29) is 29.5 Å². The van der Waals surface area contributed by atoms with Gasteiger partial charge in [-0.15, -0.1) is 0 Å². The Labute approximate surface area is 171 Å². The largest absolute Gasteiger partial charge is 0.353 e. The Hall–Kier alpha value is -2.63. The van der Waals surface area contributed by atoms with Crippen LogP contribution in [0.4, 0.5) is 0 Å². The van der Waals surface area contributed by atoms with Gasteiger partial charge in [0.1, 0.15) is 5.69 Å². The van der Waals surface area contributed by atoms with Crippen LogP contribution < -0.4 is 5.32 Å². The molecule has 1 saturated heterocycles. The fraction of sp³-hybridized carbons (Fsp3) is 0.522. The maximum absolute atomic E-state index is 12.8. The van der Waals surface area contributed by atoms with E-state index in [0.29, 0.717) is 18.8 Å². The van der Waals surface area contributed by atoms with Gasteiger partial charge < -0.3 is 14.7 Å². The van der Waals surface area contributed by atoms with Gasteiger partial charge in [-0.3, -0.25) is 9.59 Å². The SMILES string of the molecule is Cc1ccc(-c2cc(C(=O)N3CCC(NC(=O)C4CCCCC4)CC3)on2)cc1. The van der Waals surface area contributed by atoms with Crippen molar-refractivity contribution in [1.82, 2.24) is 15.4 Å². The van der Waals surface area contributed by atoms with Crippen LogP contribution in [-0.2, 0) is 4.79 Å². The predicted octanol–water partition coefficient (Wildman–Crippen LogP) is 3.95. The van der Waals surface area contributed by atoms with E-state index >= 15 is 0 Å². The summed E-state index contributed by atoms with van der Waals surface area (Å²) in [6.45, 7) is 3.27. The highest BCUT2D eigenvalue weighted by atomic mass is 16.5. The number of likely N-dealkylation sites (tertiary alicyclic amines) is 1. The molecule has 2 fully saturated rings. The molecule has 2 aromatic rings. The topological polar surface area (TPSA) is 75.4 Å². The second-order valence-electron chi connectivity index (χ2n) is 8.35. The predicted molar refractivity (Wildman–Crippen MR) is 110 cm³/mol. The number of aromatic nitrogens is 1. The van der Waals surface area contributed by atoms with Crippen LogP contribution in [0.1, 0.15) is 61.1 Å². The fourth-order valence-corrected chi connectivity index (χ4v) is 4.30. The lowest BCUT2D eigenvalue weighted by Crippen LogP contribution is -2.48. The van der Waals surface area contributed by atoms with E-state index in [1.54, 1.807) is 11.0 Å². The van der Waals surface area contributed by atoms with Gasteiger partial charge in [0, 0.05) is 36.7 Å². The average molecular weight is 396 g/mol. The van der Waals surface area contributed by atoms with Gasteiger partial charge in [0.25, 0.3) is 5.91 Å². The van der Waals surface area contributed by atoms with Crippen LogP contribution in [0.15, 0.2) is 34.9 Å². The first-order chi connectivity index (χ1) is 14.1. The molecule has 0 atom stereocenters. The molecule has 2 aliphatic rings. The molecule has 6 heteroatoms. The van der Waals surface area contributed by atoms with Gasteiger partial charge in [0.2, 0.25) is 11.7 Å². The third-order valence-electron chi connectivity index (χ3n) is 6.17. The minimum atomic E-state index is -0.132. The first-order valence-electron chi connectivity index (χ1n) is 10.7. The van der Waals surface area contributed by atoms with E-state index in [1.807, 2.05) is 31.2 Å². The summed E-state index contributed by atoms with van der Waals surface area (Å²) < 4.78 is 5.32. The summed E-state index contributed by atoms with van der Waals surface area (Å²) in [6.07, 6.45) is 7.15. The van der Waals surface area contributed by atoms with Crippen LogP contribution in [0.2, 0.25) is 0 Å². The smallest absolute Gasteiger partial charge is 0.292 e. The second kappa shape index (κ2) is 8.80. The zero-order chi connectivity index (χ0) is 20.2. The summed E-state index contributed by atoms with van der Waals surface area (Å²) in [4.78, 5) is 27.0. The normalized spacial score (nSPS) is 18.6. The van der Waals surface area contributed by atoms with Gasteiger partial charge in [0.05, 0.1) is 0 Å². The summed E-state index contributed by atoms with van der Waals surface area (Å²) in [7, 11) is 0. The summed E-state index contributed by atoms with van der Waals surface area (Å²) >= 11 is 0. The van der Waals surface area contributed by atoms with Crippen LogP contribution in [0.5, 0.6) is 0 Å². The molecule has 154 valence electrons. The number of amides is 2. The zero-order valence-corrected chi connectivity index (χ0v) is 17.0. The van der Waals surface area contributed by atoms with E-state index in [0.717, 1.165) is 44.1 Å². The van der Waals surface area contributed by atoms with Crippen molar-refractivity contribution in [2.75, 3.05) is 13.1 Å². The van der Waals surface area contributed by atoms with Crippen LogP contribution >= 0.6 is 0 Å². The molecule has 2 amide bonds. The lowest BCUT2D eigenvalue weighted by molar-refractivity contribution is -0.126. The van der Waals surface area contributed by atoms with Crippen molar-refractivity contribution in [2.24, 2.45) is 5.92 Å². The van der Waals surface area contributed by atoms with E-state index in [2.05, 4.69) is 10.5 Å². The second-order valence-corrected chi connectivity index (χ2v) is 8.35. The van der Waals surface area contributed by atoms with Crippen LogP contribution in [0, 0.1) is 12.8 Å². The third-order valence-corrected chi connectivity index (χ3v) is 6.17. The number of piperidine rings is 1. The van der Waals surface area contributed by atoms with Crippen LogP contribution in [0.3, 0.4) is 0 Å². The molecule has 1 aromatic carbocycles. The van der Waals surface area contributed by atoms with Crippen molar-refractivity contribution in [2.45, 2.75) is 57.9 Å². The molecule has 2 heterocycles. The van der Waals surface area contributed by atoms with E-state index in [1.165, 1.54) is 12.0 Å². The number of nitrogens with zero attached hydrogens (tertiary/aromatic N) is 2. The van der Waals surface area contributed by atoms with Crippen LogP contribution in [-0.4, -0.2) is 41.0 Å². The quantitative estimate of drug-likeness (QED) is 0.850. The highest BCUT2D eigenvalue weighted by molar-refractivity contribution is 5.92. The van der Waals surface area contributed by atoms with Gasteiger partial charge in [-0.05, 0) is 32.6 Å². The molecule has 1 N–H and O–H groups in total. The van der Waals surface area contributed by atoms with E-state index < -0.39 is 0 Å². The Balaban J connectivity index is 1.30. The minimum Gasteiger partial charge on any atom is -0.353 e. The zero-order valence-electron chi connectivity index (χ0n) is 17.0. The number of nitrogens with one attached hydrogen (secondary N) is 1. The number of rotatable bonds is 4. The molecular weight excluding hydrogens is 366 g/mol. The van der Waals surface area contributed by atoms with Crippen molar-refractivity contribution in [3.63, 3.8) is 0 Å². The maximum Gasteiger partial charge on any atom is 0.292 e. The molecular formula is C23H29N3O3. The van der Waals surface area contributed by atoms with Crippen LogP contribution in [0.25, 0.3) is 11.3 Å². The molecule has 1 aliphatic carbocycles. The molecule has 1 saturated carbocycles. The number of carbonyl (C=O) groups excluding carboxylic acids is 2. The Kier molecular flexibility index (Phi) is 5.97. The number of hydrogen-bond donors (Lipinski definition) is 1. The van der Waals surface area contributed by atoms with Crippen molar-refractivity contribution < 1.29 is 14.1 Å².